The molecule has 3 rings (SSSR count). The number of hydrogen-bond acceptors (Lipinski definition) is 6. The summed E-state index contributed by atoms with van der Waals surface area (Å²) in [6.45, 7) is 3.96. The van der Waals surface area contributed by atoms with E-state index in [4.69, 9.17) is 0 Å². The van der Waals surface area contributed by atoms with Gasteiger partial charge in [-0.25, -0.2) is 4.68 Å². The number of aromatic nitrogens is 6. The number of tetrazole rings is 1. The zero-order chi connectivity index (χ0) is 15.0. The van der Waals surface area contributed by atoms with Crippen LogP contribution in [0.1, 0.15) is 30.7 Å². The normalized spacial score (nSPS) is 16.5. The summed E-state index contributed by atoms with van der Waals surface area (Å²) in [5.74, 6) is -0.242. The Hall–Kier alpha value is -2.38. The number of carbonyl (C=O) groups is 1. The predicted molar refractivity (Wildman–Crippen MR) is 72.2 cm³/mol. The maximum Gasteiger partial charge on any atom is 0.311 e. The molecule has 0 aromatic carbocycles. The van der Waals surface area contributed by atoms with Gasteiger partial charge < -0.3 is 5.11 Å². The smallest absolute Gasteiger partial charge is 0.311 e. The molecular weight excluding hydrogens is 272 g/mol. The van der Waals surface area contributed by atoms with Crippen molar-refractivity contribution in [2.24, 2.45) is 5.41 Å². The molecular formula is C13H16N6O2. The van der Waals surface area contributed by atoms with Crippen LogP contribution in [0.4, 0.5) is 0 Å². The third kappa shape index (κ3) is 2.26. The van der Waals surface area contributed by atoms with Gasteiger partial charge in [0.25, 0.3) is 0 Å². The molecule has 2 aromatic heterocycles. The van der Waals surface area contributed by atoms with Crippen molar-refractivity contribution < 1.29 is 9.90 Å². The van der Waals surface area contributed by atoms with Crippen LogP contribution in [-0.2, 0) is 11.3 Å². The molecule has 0 radical (unpaired) electrons. The Bertz CT molecular complexity index is 692. The van der Waals surface area contributed by atoms with Crippen molar-refractivity contribution >= 4 is 5.97 Å². The molecule has 110 valence electrons. The highest BCUT2D eigenvalue weighted by Crippen LogP contribution is 2.43. The van der Waals surface area contributed by atoms with Crippen molar-refractivity contribution in [1.29, 1.82) is 0 Å². The summed E-state index contributed by atoms with van der Waals surface area (Å²) >= 11 is 0. The molecule has 0 spiro atoms. The van der Waals surface area contributed by atoms with Crippen LogP contribution < -0.4 is 0 Å². The van der Waals surface area contributed by atoms with Gasteiger partial charge in [0.2, 0.25) is 0 Å². The minimum atomic E-state index is -0.782. The molecule has 1 aliphatic carbocycles. The van der Waals surface area contributed by atoms with E-state index in [9.17, 15) is 9.90 Å². The number of nitrogens with zero attached hydrogens (tertiary/aromatic N) is 6. The Balaban J connectivity index is 1.98. The van der Waals surface area contributed by atoms with E-state index in [0.717, 1.165) is 23.4 Å². The van der Waals surface area contributed by atoms with Gasteiger partial charge in [-0.15, -0.1) is 5.10 Å². The van der Waals surface area contributed by atoms with E-state index < -0.39 is 11.4 Å². The first-order valence-corrected chi connectivity index (χ1v) is 6.83. The van der Waals surface area contributed by atoms with Gasteiger partial charge in [-0.2, -0.15) is 10.2 Å². The Morgan fingerprint density at radius 2 is 2.10 bits per heavy atom. The van der Waals surface area contributed by atoms with Crippen molar-refractivity contribution in [3.63, 3.8) is 0 Å². The largest absolute Gasteiger partial charge is 0.481 e. The average molecular weight is 288 g/mol. The van der Waals surface area contributed by atoms with Crippen molar-refractivity contribution in [2.45, 2.75) is 39.7 Å². The maximum absolute atomic E-state index is 11.5. The third-order valence-corrected chi connectivity index (χ3v) is 4.09. The van der Waals surface area contributed by atoms with E-state index in [1.54, 1.807) is 4.68 Å². The fourth-order valence-electron chi connectivity index (χ4n) is 2.61. The molecule has 8 nitrogen and oxygen atoms in total. The van der Waals surface area contributed by atoms with E-state index in [-0.39, 0.29) is 6.54 Å². The summed E-state index contributed by atoms with van der Waals surface area (Å²) in [5.41, 5.74) is 1.52. The van der Waals surface area contributed by atoms with Crippen molar-refractivity contribution in [2.75, 3.05) is 0 Å². The number of rotatable bonds is 4. The highest BCUT2D eigenvalue weighted by Gasteiger charge is 2.45. The lowest BCUT2D eigenvalue weighted by Gasteiger charge is -2.37. The number of aliphatic carboxylic acids is 1. The molecule has 0 bridgehead atoms. The molecule has 0 atom stereocenters. The monoisotopic (exact) mass is 288 g/mol. The molecule has 1 N–H and O–H groups in total. The molecule has 1 aliphatic rings. The Morgan fingerprint density at radius 3 is 2.71 bits per heavy atom. The Labute approximate surface area is 121 Å². The van der Waals surface area contributed by atoms with Crippen LogP contribution in [0, 0.1) is 19.3 Å². The molecule has 8 heteroatoms. The summed E-state index contributed by atoms with van der Waals surface area (Å²) in [5, 5.41) is 29.2. The molecule has 0 amide bonds. The molecule has 21 heavy (non-hydrogen) atoms. The highest BCUT2D eigenvalue weighted by molar-refractivity contribution is 5.75. The molecule has 0 unspecified atom stereocenters. The fraction of sp³-hybridized carbons (Fsp3) is 0.538. The summed E-state index contributed by atoms with van der Waals surface area (Å²) in [4.78, 5) is 11.5. The van der Waals surface area contributed by atoms with Gasteiger partial charge in [-0.3, -0.25) is 4.79 Å². The Kier molecular flexibility index (Phi) is 3.15. The standard InChI is InChI=1S/C13H16N6O2/c1-8-6-10(9(2)15-14-8)11-16-17-18-19(11)7-13(12(20)21)4-3-5-13/h6H,3-5,7H2,1-2H3,(H,20,21). The second kappa shape index (κ2) is 4.87. The summed E-state index contributed by atoms with van der Waals surface area (Å²) in [6, 6.07) is 1.86. The highest BCUT2D eigenvalue weighted by atomic mass is 16.4. The van der Waals surface area contributed by atoms with Gasteiger partial charge in [0.1, 0.15) is 0 Å². The predicted octanol–water partition coefficient (Wildman–Crippen LogP) is 1.00. The first-order chi connectivity index (χ1) is 10.0. The maximum atomic E-state index is 11.5. The summed E-state index contributed by atoms with van der Waals surface area (Å²) in [7, 11) is 0. The SMILES string of the molecule is Cc1cc(-c2nnnn2CC2(C(=O)O)CCC2)c(C)nn1. The van der Waals surface area contributed by atoms with Crippen LogP contribution in [0.25, 0.3) is 11.4 Å². The molecule has 2 aromatic rings. The second-order valence-electron chi connectivity index (χ2n) is 5.58. The number of carboxylic acids is 1. The van der Waals surface area contributed by atoms with Crippen LogP contribution >= 0.6 is 0 Å². The molecule has 0 aliphatic heterocycles. The van der Waals surface area contributed by atoms with Crippen LogP contribution in [0.5, 0.6) is 0 Å². The fourth-order valence-corrected chi connectivity index (χ4v) is 2.61. The zero-order valence-corrected chi connectivity index (χ0v) is 11.9. The van der Waals surface area contributed by atoms with Gasteiger partial charge in [-0.05, 0) is 43.2 Å². The van der Waals surface area contributed by atoms with E-state index in [0.29, 0.717) is 18.7 Å². The van der Waals surface area contributed by atoms with Gasteiger partial charge in [-0.1, -0.05) is 6.42 Å². The topological polar surface area (TPSA) is 107 Å². The van der Waals surface area contributed by atoms with Crippen LogP contribution in [-0.4, -0.2) is 41.5 Å². The minimum absolute atomic E-state index is 0.283. The van der Waals surface area contributed by atoms with Crippen LogP contribution in [0.3, 0.4) is 0 Å². The number of carboxylic acid groups (broad SMARTS) is 1. The van der Waals surface area contributed by atoms with Crippen molar-refractivity contribution in [3.8, 4) is 11.4 Å². The summed E-state index contributed by atoms with van der Waals surface area (Å²) < 4.78 is 1.57. The van der Waals surface area contributed by atoms with E-state index in [2.05, 4.69) is 25.7 Å². The number of aryl methyl sites for hydroxylation is 2. The van der Waals surface area contributed by atoms with Gasteiger partial charge in [0.05, 0.1) is 23.3 Å². The minimum Gasteiger partial charge on any atom is -0.481 e. The van der Waals surface area contributed by atoms with Crippen LogP contribution in [0.15, 0.2) is 6.07 Å². The molecule has 1 fully saturated rings. The van der Waals surface area contributed by atoms with Gasteiger partial charge in [0.15, 0.2) is 5.82 Å². The second-order valence-corrected chi connectivity index (χ2v) is 5.58. The van der Waals surface area contributed by atoms with Crippen LogP contribution in [0.2, 0.25) is 0 Å². The third-order valence-electron chi connectivity index (χ3n) is 4.09. The van der Waals surface area contributed by atoms with Gasteiger partial charge in [0, 0.05) is 5.56 Å². The molecule has 0 saturated heterocycles. The first-order valence-electron chi connectivity index (χ1n) is 6.83. The molecule has 2 heterocycles. The van der Waals surface area contributed by atoms with Gasteiger partial charge >= 0.3 is 5.97 Å². The van der Waals surface area contributed by atoms with E-state index in [1.165, 1.54) is 0 Å². The lowest BCUT2D eigenvalue weighted by atomic mass is 9.69. The number of hydrogen-bond donors (Lipinski definition) is 1. The van der Waals surface area contributed by atoms with E-state index >= 15 is 0 Å². The lowest BCUT2D eigenvalue weighted by Crippen LogP contribution is -2.42. The first kappa shape index (κ1) is 13.6. The quantitative estimate of drug-likeness (QED) is 0.894. The van der Waals surface area contributed by atoms with Crippen molar-refractivity contribution in [1.82, 2.24) is 30.4 Å². The van der Waals surface area contributed by atoms with Crippen molar-refractivity contribution in [3.05, 3.63) is 17.5 Å². The van der Waals surface area contributed by atoms with E-state index in [1.807, 2.05) is 19.9 Å². The zero-order valence-electron chi connectivity index (χ0n) is 11.9. The summed E-state index contributed by atoms with van der Waals surface area (Å²) in [6.07, 6.45) is 2.25. The lowest BCUT2D eigenvalue weighted by molar-refractivity contribution is -0.156. The molecule has 1 saturated carbocycles. The average Bonchev–Trinajstić information content (AvgIpc) is 2.84. The Morgan fingerprint density at radius 1 is 1.33 bits per heavy atom.